The Kier molecular flexibility index (Phi) is 12.8. The summed E-state index contributed by atoms with van der Waals surface area (Å²) >= 11 is 0. The Morgan fingerprint density at radius 1 is 0.643 bits per heavy atom. The summed E-state index contributed by atoms with van der Waals surface area (Å²) in [6.45, 7) is 9.92. The monoisotopic (exact) mass is 584 g/mol. The molecule has 0 saturated carbocycles. The summed E-state index contributed by atoms with van der Waals surface area (Å²) in [5, 5.41) is 20.3. The molecule has 230 valence electrons. The van der Waals surface area contributed by atoms with E-state index in [0.29, 0.717) is 0 Å². The van der Waals surface area contributed by atoms with Crippen molar-refractivity contribution < 1.29 is 33.8 Å². The SMILES string of the molecule is CC(C)(C)OC(=O)N[C@@H](Cc1ccccc1)C(=O)NC(CCO)NC(=O)[C@@H](Cc1ccccc1)NC(=O)OC(C)(C)C. The second-order valence-corrected chi connectivity index (χ2v) is 11.9. The Labute approximate surface area is 247 Å². The van der Waals surface area contributed by atoms with E-state index in [1.165, 1.54) is 0 Å². The molecule has 42 heavy (non-hydrogen) atoms. The van der Waals surface area contributed by atoms with Crippen molar-refractivity contribution in [2.24, 2.45) is 0 Å². The van der Waals surface area contributed by atoms with E-state index in [1.807, 2.05) is 60.7 Å². The van der Waals surface area contributed by atoms with Crippen LogP contribution in [-0.4, -0.2) is 65.2 Å². The maximum atomic E-state index is 13.4. The molecule has 11 nitrogen and oxygen atoms in total. The van der Waals surface area contributed by atoms with Crippen LogP contribution in [0.2, 0.25) is 0 Å². The zero-order chi connectivity index (χ0) is 31.3. The lowest BCUT2D eigenvalue weighted by atomic mass is 10.0. The van der Waals surface area contributed by atoms with Crippen LogP contribution in [0.1, 0.15) is 59.1 Å². The van der Waals surface area contributed by atoms with Crippen LogP contribution >= 0.6 is 0 Å². The fourth-order valence-corrected chi connectivity index (χ4v) is 3.87. The molecule has 0 spiro atoms. The molecule has 0 bridgehead atoms. The Morgan fingerprint density at radius 3 is 1.31 bits per heavy atom. The summed E-state index contributed by atoms with van der Waals surface area (Å²) in [5.41, 5.74) is 0.0298. The number of hydrogen-bond donors (Lipinski definition) is 5. The molecule has 0 aromatic heterocycles. The van der Waals surface area contributed by atoms with E-state index in [2.05, 4.69) is 21.3 Å². The van der Waals surface area contributed by atoms with Crippen LogP contribution in [0.25, 0.3) is 0 Å². The number of ether oxygens (including phenoxy) is 2. The maximum absolute atomic E-state index is 13.4. The van der Waals surface area contributed by atoms with E-state index in [1.54, 1.807) is 41.5 Å². The molecule has 0 fully saturated rings. The molecule has 4 amide bonds. The summed E-state index contributed by atoms with van der Waals surface area (Å²) in [5.74, 6) is -1.19. The molecule has 0 heterocycles. The summed E-state index contributed by atoms with van der Waals surface area (Å²) < 4.78 is 10.7. The van der Waals surface area contributed by atoms with Gasteiger partial charge in [-0.25, -0.2) is 9.59 Å². The number of aliphatic hydroxyl groups excluding tert-OH is 1. The molecule has 0 radical (unpaired) electrons. The van der Waals surface area contributed by atoms with Gasteiger partial charge in [0.2, 0.25) is 11.8 Å². The zero-order valence-electron chi connectivity index (χ0n) is 25.2. The van der Waals surface area contributed by atoms with Gasteiger partial charge in [0.1, 0.15) is 29.5 Å². The van der Waals surface area contributed by atoms with E-state index in [-0.39, 0.29) is 25.9 Å². The number of benzene rings is 2. The molecule has 2 aromatic carbocycles. The molecular weight excluding hydrogens is 540 g/mol. The highest BCUT2D eigenvalue weighted by Gasteiger charge is 2.29. The van der Waals surface area contributed by atoms with Gasteiger partial charge >= 0.3 is 12.2 Å². The number of carbonyl (C=O) groups excluding carboxylic acids is 4. The first kappa shape index (κ1) is 34.1. The number of nitrogens with one attached hydrogen (secondary N) is 4. The van der Waals surface area contributed by atoms with Gasteiger partial charge in [-0.3, -0.25) is 9.59 Å². The summed E-state index contributed by atoms with van der Waals surface area (Å²) in [7, 11) is 0. The number of rotatable bonds is 12. The second kappa shape index (κ2) is 15.8. The van der Waals surface area contributed by atoms with Crippen LogP contribution in [-0.2, 0) is 31.9 Å². The van der Waals surface area contributed by atoms with Crippen LogP contribution in [0.5, 0.6) is 0 Å². The molecule has 0 aliphatic heterocycles. The van der Waals surface area contributed by atoms with Gasteiger partial charge in [-0.1, -0.05) is 60.7 Å². The van der Waals surface area contributed by atoms with E-state index < -0.39 is 53.5 Å². The second-order valence-electron chi connectivity index (χ2n) is 11.9. The molecule has 0 saturated heterocycles. The Bertz CT molecular complexity index is 1070. The van der Waals surface area contributed by atoms with Crippen LogP contribution in [0.4, 0.5) is 9.59 Å². The Hall–Kier alpha value is -4.12. The molecule has 1 unspecified atom stereocenters. The number of carbonyl (C=O) groups is 4. The highest BCUT2D eigenvalue weighted by molar-refractivity contribution is 5.88. The fourth-order valence-electron chi connectivity index (χ4n) is 3.87. The molecule has 0 aliphatic rings. The van der Waals surface area contributed by atoms with Gasteiger partial charge in [0.05, 0.1) is 0 Å². The minimum absolute atomic E-state index is 0.0214. The predicted octanol–water partition coefficient (Wildman–Crippen LogP) is 3.20. The molecule has 3 atom stereocenters. The summed E-state index contributed by atoms with van der Waals surface area (Å²) in [4.78, 5) is 51.9. The molecule has 5 N–H and O–H groups in total. The van der Waals surface area contributed by atoms with Crippen LogP contribution in [0.15, 0.2) is 60.7 Å². The lowest BCUT2D eigenvalue weighted by Gasteiger charge is -2.27. The van der Waals surface area contributed by atoms with Crippen LogP contribution < -0.4 is 21.3 Å². The molecule has 0 aliphatic carbocycles. The normalized spacial score (nSPS) is 13.6. The van der Waals surface area contributed by atoms with Crippen LogP contribution in [0.3, 0.4) is 0 Å². The third-order valence-corrected chi connectivity index (χ3v) is 5.63. The predicted molar refractivity (Wildman–Crippen MR) is 158 cm³/mol. The van der Waals surface area contributed by atoms with Gasteiger partial charge < -0.3 is 35.8 Å². The molecular formula is C31H44N4O7. The average Bonchev–Trinajstić information content (AvgIpc) is 2.87. The summed E-state index contributed by atoms with van der Waals surface area (Å²) in [6.07, 6.45) is -2.26. The highest BCUT2D eigenvalue weighted by Crippen LogP contribution is 2.11. The minimum Gasteiger partial charge on any atom is -0.444 e. The topological polar surface area (TPSA) is 155 Å². The van der Waals surface area contributed by atoms with Crippen molar-refractivity contribution in [3.05, 3.63) is 71.8 Å². The van der Waals surface area contributed by atoms with Crippen molar-refractivity contribution in [1.82, 2.24) is 21.3 Å². The van der Waals surface area contributed by atoms with E-state index in [4.69, 9.17) is 9.47 Å². The van der Waals surface area contributed by atoms with Crippen molar-refractivity contribution in [1.29, 1.82) is 0 Å². The van der Waals surface area contributed by atoms with E-state index in [9.17, 15) is 24.3 Å². The van der Waals surface area contributed by atoms with Crippen LogP contribution in [0, 0.1) is 0 Å². The van der Waals surface area contributed by atoms with Gasteiger partial charge in [-0.05, 0) is 52.7 Å². The van der Waals surface area contributed by atoms with Crippen molar-refractivity contribution in [2.45, 2.75) is 90.3 Å². The molecule has 2 aromatic rings. The number of alkyl carbamates (subject to hydrolysis) is 2. The minimum atomic E-state index is -1.04. The Balaban J connectivity index is 2.21. The first-order valence-corrected chi connectivity index (χ1v) is 13.9. The maximum Gasteiger partial charge on any atom is 0.408 e. The summed E-state index contributed by atoms with van der Waals surface area (Å²) in [6, 6.07) is 16.1. The smallest absolute Gasteiger partial charge is 0.408 e. The lowest BCUT2D eigenvalue weighted by Crippen LogP contribution is -2.59. The van der Waals surface area contributed by atoms with Crippen molar-refractivity contribution in [3.8, 4) is 0 Å². The van der Waals surface area contributed by atoms with Crippen molar-refractivity contribution in [3.63, 3.8) is 0 Å². The first-order chi connectivity index (χ1) is 19.6. The van der Waals surface area contributed by atoms with Gasteiger partial charge in [-0.15, -0.1) is 0 Å². The third kappa shape index (κ3) is 13.5. The number of amides is 4. The average molecular weight is 585 g/mol. The largest absolute Gasteiger partial charge is 0.444 e. The Morgan fingerprint density at radius 2 is 1.00 bits per heavy atom. The van der Waals surface area contributed by atoms with Gasteiger partial charge in [0.15, 0.2) is 0 Å². The standard InChI is InChI=1S/C31H44N4O7/c1-30(2,3)41-28(39)32-23(19-21-13-9-7-10-14-21)26(37)34-25(17-18-36)35-27(38)24(20-22-15-11-8-12-16-22)33-29(40)42-31(4,5)6/h7-16,23-25,36H,17-20H2,1-6H3,(H,32,39)(H,33,40)(H,34,37)(H,35,38)/t23-,24+,25?. The lowest BCUT2D eigenvalue weighted by molar-refractivity contribution is -0.127. The van der Waals surface area contributed by atoms with E-state index in [0.717, 1.165) is 11.1 Å². The quantitative estimate of drug-likeness (QED) is 0.240. The van der Waals surface area contributed by atoms with Crippen molar-refractivity contribution >= 4 is 24.0 Å². The van der Waals surface area contributed by atoms with Gasteiger partial charge in [0.25, 0.3) is 0 Å². The highest BCUT2D eigenvalue weighted by atomic mass is 16.6. The van der Waals surface area contributed by atoms with Gasteiger partial charge in [-0.2, -0.15) is 0 Å². The fraction of sp³-hybridized carbons (Fsp3) is 0.484. The molecule has 11 heteroatoms. The first-order valence-electron chi connectivity index (χ1n) is 13.9. The molecule has 2 rings (SSSR count). The number of aliphatic hydroxyl groups is 1. The van der Waals surface area contributed by atoms with Crippen molar-refractivity contribution in [2.75, 3.05) is 6.61 Å². The van der Waals surface area contributed by atoms with E-state index >= 15 is 0 Å². The van der Waals surface area contributed by atoms with Gasteiger partial charge in [0, 0.05) is 25.9 Å². The number of hydrogen-bond acceptors (Lipinski definition) is 7. The zero-order valence-corrected chi connectivity index (χ0v) is 25.2. The third-order valence-electron chi connectivity index (χ3n) is 5.63.